The molecule has 1 fully saturated rings. The van der Waals surface area contributed by atoms with E-state index in [1.807, 2.05) is 42.6 Å². The van der Waals surface area contributed by atoms with Gasteiger partial charge in [0.15, 0.2) is 0 Å². The van der Waals surface area contributed by atoms with Gasteiger partial charge in [-0.05, 0) is 35.7 Å². The summed E-state index contributed by atoms with van der Waals surface area (Å²) >= 11 is 0.722. The first-order valence-corrected chi connectivity index (χ1v) is 9.70. The number of aryl methyl sites for hydroxylation is 1. The number of hydrogen-bond acceptors (Lipinski definition) is 6. The van der Waals surface area contributed by atoms with Crippen LogP contribution in [0.25, 0.3) is 0 Å². The Kier molecular flexibility index (Phi) is 8.98. The molecule has 1 aromatic heterocycles. The molecule has 0 bridgehead atoms. The molecule has 2 unspecified atom stereocenters. The van der Waals surface area contributed by atoms with Crippen molar-refractivity contribution in [1.29, 1.82) is 0 Å². The molecule has 2 heterocycles. The third-order valence-electron chi connectivity index (χ3n) is 4.48. The number of aromatic nitrogens is 1. The molecule has 144 valence electrons. The fourth-order valence-electron chi connectivity index (χ4n) is 2.80. The summed E-state index contributed by atoms with van der Waals surface area (Å²) in [7, 11) is 0. The Balaban J connectivity index is 0.00000280. The summed E-state index contributed by atoms with van der Waals surface area (Å²) in [6.45, 7) is 2.35. The van der Waals surface area contributed by atoms with Gasteiger partial charge in [-0.2, -0.15) is 0 Å². The van der Waals surface area contributed by atoms with Crippen LogP contribution in [0.4, 0.5) is 4.79 Å². The van der Waals surface area contributed by atoms with Crippen molar-refractivity contribution in [3.05, 3.63) is 59.4 Å². The molecule has 1 amide bonds. The van der Waals surface area contributed by atoms with E-state index in [-0.39, 0.29) is 52.4 Å². The second-order valence-corrected chi connectivity index (χ2v) is 7.37. The van der Waals surface area contributed by atoms with Gasteiger partial charge in [-0.25, -0.2) is 0 Å². The minimum absolute atomic E-state index is 0. The molecule has 0 radical (unpaired) electrons. The molecule has 0 spiro atoms. The van der Waals surface area contributed by atoms with Gasteiger partial charge in [-0.15, -0.1) is 0 Å². The van der Waals surface area contributed by atoms with E-state index < -0.39 is 6.04 Å². The van der Waals surface area contributed by atoms with Crippen molar-refractivity contribution in [2.45, 2.75) is 31.7 Å². The number of amides is 1. The predicted molar refractivity (Wildman–Crippen MR) is 111 cm³/mol. The molecule has 0 aliphatic carbocycles. The summed E-state index contributed by atoms with van der Waals surface area (Å²) in [5, 5.41) is 11.9. The van der Waals surface area contributed by atoms with E-state index in [9.17, 15) is 14.7 Å². The zero-order chi connectivity index (χ0) is 19.2. The Hall–Kier alpha value is -1.38. The number of nitrogens with zero attached hydrogens (tertiary/aromatic N) is 1. The topological polar surface area (TPSA) is 88.5 Å². The molecule has 8 heteroatoms. The molecule has 1 saturated heterocycles. The van der Waals surface area contributed by atoms with Gasteiger partial charge in [0.2, 0.25) is 5.12 Å². The van der Waals surface area contributed by atoms with Crippen LogP contribution in [0.3, 0.4) is 0 Å². The normalized spacial score (nSPS) is 17.0. The second-order valence-electron chi connectivity index (χ2n) is 6.39. The van der Waals surface area contributed by atoms with Gasteiger partial charge < -0.3 is 15.2 Å². The maximum absolute atomic E-state index is 11.7. The first-order valence-electron chi connectivity index (χ1n) is 8.88. The van der Waals surface area contributed by atoms with E-state index in [1.165, 1.54) is 0 Å². The number of aliphatic hydroxyl groups is 1. The van der Waals surface area contributed by atoms with Crippen LogP contribution in [-0.2, 0) is 17.6 Å². The summed E-state index contributed by atoms with van der Waals surface area (Å²) in [5.74, 6) is 0.484. The number of nitrogens with one attached hydrogen (secondary N) is 1. The number of ether oxygens (including phenoxy) is 1. The van der Waals surface area contributed by atoms with Crippen LogP contribution in [0, 0.1) is 0 Å². The van der Waals surface area contributed by atoms with Gasteiger partial charge in [0, 0.05) is 30.1 Å². The van der Waals surface area contributed by atoms with E-state index in [2.05, 4.69) is 17.2 Å². The number of aliphatic hydroxyl groups excluding tert-OH is 1. The summed E-state index contributed by atoms with van der Waals surface area (Å²) in [4.78, 5) is 27.3. The number of pyridine rings is 1. The molecule has 1 aliphatic rings. The molecule has 28 heavy (non-hydrogen) atoms. The second kappa shape index (κ2) is 11.0. The van der Waals surface area contributed by atoms with Crippen LogP contribution in [0.2, 0.25) is 0 Å². The van der Waals surface area contributed by atoms with E-state index in [0.29, 0.717) is 18.8 Å². The van der Waals surface area contributed by atoms with Gasteiger partial charge >= 0.3 is 29.6 Å². The number of thioether (sulfide) groups is 1. The molecular formula is C20H23N2NaO4S. The first kappa shape index (κ1) is 22.9. The van der Waals surface area contributed by atoms with Gasteiger partial charge in [-0.1, -0.05) is 25.1 Å². The Morgan fingerprint density at radius 3 is 2.43 bits per heavy atom. The van der Waals surface area contributed by atoms with E-state index in [0.717, 1.165) is 35.0 Å². The molecule has 1 aromatic carbocycles. The minimum atomic E-state index is -0.467. The van der Waals surface area contributed by atoms with Crippen LogP contribution < -0.4 is 10.1 Å². The third-order valence-corrected chi connectivity index (χ3v) is 5.27. The standard InChI is InChI=1S/C20H22N2O4S.Na.H/c1-2-13-5-8-17(21-10-13)15(11-23)12-26-16-6-3-14(4-7-16)9-18-19(24)27-20(25)22-18;;/h3-8,10,15,18,23H,2,9,11-12H2,1H3,(H,22,25);;. The fourth-order valence-corrected chi connectivity index (χ4v) is 3.47. The van der Waals surface area contributed by atoms with Gasteiger partial charge in [-0.3, -0.25) is 14.6 Å². The number of benzene rings is 1. The number of hydrogen-bond donors (Lipinski definition) is 2. The zero-order valence-electron chi connectivity index (χ0n) is 15.1. The molecule has 1 aliphatic heterocycles. The Morgan fingerprint density at radius 2 is 1.89 bits per heavy atom. The summed E-state index contributed by atoms with van der Waals surface area (Å²) in [6.07, 6.45) is 3.22. The molecule has 2 aromatic rings. The molecule has 2 N–H and O–H groups in total. The molecule has 2 atom stereocenters. The maximum atomic E-state index is 11.7. The van der Waals surface area contributed by atoms with Crippen molar-refractivity contribution in [3.63, 3.8) is 0 Å². The third kappa shape index (κ3) is 6.06. The number of rotatable bonds is 8. The van der Waals surface area contributed by atoms with Crippen molar-refractivity contribution in [3.8, 4) is 5.75 Å². The average Bonchev–Trinajstić information content (AvgIpc) is 3.01. The van der Waals surface area contributed by atoms with Gasteiger partial charge in [0.1, 0.15) is 11.8 Å². The summed E-state index contributed by atoms with van der Waals surface area (Å²) in [6, 6.07) is 10.9. The molecule has 0 saturated carbocycles. The monoisotopic (exact) mass is 410 g/mol. The molecule has 6 nitrogen and oxygen atoms in total. The number of carbonyl (C=O) groups is 2. The zero-order valence-corrected chi connectivity index (χ0v) is 15.9. The first-order chi connectivity index (χ1) is 13.1. The van der Waals surface area contributed by atoms with Crippen LogP contribution >= 0.6 is 11.8 Å². The Labute approximate surface area is 190 Å². The van der Waals surface area contributed by atoms with Crippen molar-refractivity contribution in [2.24, 2.45) is 0 Å². The molecular weight excluding hydrogens is 387 g/mol. The van der Waals surface area contributed by atoms with Gasteiger partial charge in [0.25, 0.3) is 5.24 Å². The van der Waals surface area contributed by atoms with Crippen LogP contribution in [-0.4, -0.2) is 69.3 Å². The Morgan fingerprint density at radius 1 is 1.18 bits per heavy atom. The van der Waals surface area contributed by atoms with Crippen molar-refractivity contribution in [2.75, 3.05) is 13.2 Å². The van der Waals surface area contributed by atoms with Crippen LogP contribution in [0.15, 0.2) is 42.6 Å². The van der Waals surface area contributed by atoms with Crippen molar-refractivity contribution >= 4 is 51.7 Å². The van der Waals surface area contributed by atoms with E-state index in [1.54, 1.807) is 0 Å². The fraction of sp³-hybridized carbons (Fsp3) is 0.350. The quantitative estimate of drug-likeness (QED) is 0.648. The van der Waals surface area contributed by atoms with Crippen molar-refractivity contribution < 1.29 is 19.4 Å². The number of carbonyl (C=O) groups excluding carboxylic acids is 2. The average molecular weight is 410 g/mol. The van der Waals surface area contributed by atoms with E-state index in [4.69, 9.17) is 4.74 Å². The van der Waals surface area contributed by atoms with Crippen LogP contribution in [0.1, 0.15) is 29.7 Å². The summed E-state index contributed by atoms with van der Waals surface area (Å²) in [5.41, 5.74) is 2.90. The molecule has 3 rings (SSSR count). The van der Waals surface area contributed by atoms with Crippen molar-refractivity contribution in [1.82, 2.24) is 10.3 Å². The van der Waals surface area contributed by atoms with Crippen LogP contribution in [0.5, 0.6) is 5.75 Å². The van der Waals surface area contributed by atoms with E-state index >= 15 is 0 Å². The Bertz CT molecular complexity index is 799. The SMILES string of the molecule is CCc1ccc(C(CO)COc2ccc(CC3NC(=O)SC3=O)cc2)nc1.[NaH]. The predicted octanol–water partition coefficient (Wildman–Crippen LogP) is 2.04. The van der Waals surface area contributed by atoms with Gasteiger partial charge in [0.05, 0.1) is 19.1 Å². The summed E-state index contributed by atoms with van der Waals surface area (Å²) < 4.78 is 5.79.